The Hall–Kier alpha value is -1.53. The summed E-state index contributed by atoms with van der Waals surface area (Å²) in [6, 6.07) is 4.02. The summed E-state index contributed by atoms with van der Waals surface area (Å²) in [5.74, 6) is -1.25. The molecule has 2 fully saturated rings. The number of hydrogen-bond donors (Lipinski definition) is 1. The SMILES string of the molecule is COC1CCN([C@H]2CCC[C@H]2NC(=O)CCc2ccc(F)cc2F)C1. The zero-order valence-corrected chi connectivity index (χ0v) is 14.6. The number of benzene rings is 1. The van der Waals surface area contributed by atoms with Crippen molar-refractivity contribution in [1.82, 2.24) is 10.2 Å². The molecule has 1 unspecified atom stereocenters. The van der Waals surface area contributed by atoms with Crippen LogP contribution in [0.15, 0.2) is 18.2 Å². The van der Waals surface area contributed by atoms with Gasteiger partial charge in [0.15, 0.2) is 0 Å². The first-order chi connectivity index (χ1) is 12.1. The third kappa shape index (κ3) is 4.55. The number of nitrogens with one attached hydrogen (secondary N) is 1. The zero-order valence-electron chi connectivity index (χ0n) is 14.6. The van der Waals surface area contributed by atoms with Crippen LogP contribution in [0.2, 0.25) is 0 Å². The summed E-state index contributed by atoms with van der Waals surface area (Å²) >= 11 is 0. The van der Waals surface area contributed by atoms with E-state index >= 15 is 0 Å². The average molecular weight is 352 g/mol. The van der Waals surface area contributed by atoms with E-state index in [1.54, 1.807) is 7.11 Å². The third-order valence-corrected chi connectivity index (χ3v) is 5.44. The van der Waals surface area contributed by atoms with Gasteiger partial charge >= 0.3 is 0 Å². The van der Waals surface area contributed by atoms with Gasteiger partial charge in [0.25, 0.3) is 0 Å². The average Bonchev–Trinajstić information content (AvgIpc) is 3.22. The van der Waals surface area contributed by atoms with Crippen molar-refractivity contribution in [3.63, 3.8) is 0 Å². The molecule has 1 amide bonds. The van der Waals surface area contributed by atoms with Crippen molar-refractivity contribution in [2.45, 2.75) is 56.7 Å². The van der Waals surface area contributed by atoms with Gasteiger partial charge in [-0.25, -0.2) is 8.78 Å². The zero-order chi connectivity index (χ0) is 17.8. The predicted octanol–water partition coefficient (Wildman–Crippen LogP) is 2.66. The minimum absolute atomic E-state index is 0.0666. The minimum atomic E-state index is -0.598. The van der Waals surface area contributed by atoms with Crippen LogP contribution in [0.3, 0.4) is 0 Å². The summed E-state index contributed by atoms with van der Waals surface area (Å²) in [5.41, 5.74) is 0.377. The molecular weight excluding hydrogens is 326 g/mol. The van der Waals surface area contributed by atoms with Gasteiger partial charge < -0.3 is 10.1 Å². The van der Waals surface area contributed by atoms with Crippen molar-refractivity contribution in [2.75, 3.05) is 20.2 Å². The second kappa shape index (κ2) is 8.23. The van der Waals surface area contributed by atoms with E-state index in [9.17, 15) is 13.6 Å². The van der Waals surface area contributed by atoms with Gasteiger partial charge in [0, 0.05) is 44.8 Å². The Balaban J connectivity index is 1.50. The molecule has 1 saturated carbocycles. The fraction of sp³-hybridized carbons (Fsp3) is 0.632. The molecule has 3 atom stereocenters. The lowest BCUT2D eigenvalue weighted by molar-refractivity contribution is -0.122. The molecule has 0 spiro atoms. The molecule has 138 valence electrons. The van der Waals surface area contributed by atoms with Gasteiger partial charge in [0.05, 0.1) is 6.10 Å². The smallest absolute Gasteiger partial charge is 0.220 e. The highest BCUT2D eigenvalue weighted by molar-refractivity contribution is 5.76. The molecule has 0 bridgehead atoms. The first-order valence-electron chi connectivity index (χ1n) is 9.07. The molecule has 3 rings (SSSR count). The number of amides is 1. The summed E-state index contributed by atoms with van der Waals surface area (Å²) in [7, 11) is 1.75. The van der Waals surface area contributed by atoms with Crippen LogP contribution in [0.25, 0.3) is 0 Å². The number of carbonyl (C=O) groups is 1. The Morgan fingerprint density at radius 1 is 1.32 bits per heavy atom. The maximum atomic E-state index is 13.7. The minimum Gasteiger partial charge on any atom is -0.380 e. The maximum Gasteiger partial charge on any atom is 0.220 e. The van der Waals surface area contributed by atoms with Crippen LogP contribution >= 0.6 is 0 Å². The molecule has 25 heavy (non-hydrogen) atoms. The van der Waals surface area contributed by atoms with Crippen LogP contribution in [0, 0.1) is 11.6 Å². The lowest BCUT2D eigenvalue weighted by Crippen LogP contribution is -2.48. The number of methoxy groups -OCH3 is 1. The topological polar surface area (TPSA) is 41.6 Å². The molecule has 1 aromatic carbocycles. The standard InChI is InChI=1S/C19H26F2N2O2/c1-25-15-9-10-23(12-15)18-4-2-3-17(18)22-19(24)8-6-13-5-7-14(20)11-16(13)21/h5,7,11,15,17-18H,2-4,6,8-10,12H2,1H3,(H,22,24)/t15?,17-,18+/m1/s1. The van der Waals surface area contributed by atoms with E-state index in [2.05, 4.69) is 10.2 Å². The third-order valence-electron chi connectivity index (χ3n) is 5.44. The molecule has 0 aromatic heterocycles. The molecule has 0 radical (unpaired) electrons. The van der Waals surface area contributed by atoms with Gasteiger partial charge in [0.2, 0.25) is 5.91 Å². The lowest BCUT2D eigenvalue weighted by atomic mass is 10.1. The van der Waals surface area contributed by atoms with Crippen molar-refractivity contribution in [2.24, 2.45) is 0 Å². The van der Waals surface area contributed by atoms with Gasteiger partial charge in [-0.05, 0) is 43.7 Å². The quantitative estimate of drug-likeness (QED) is 0.856. The van der Waals surface area contributed by atoms with Gasteiger partial charge in [0.1, 0.15) is 11.6 Å². The van der Waals surface area contributed by atoms with E-state index in [0.29, 0.717) is 17.7 Å². The van der Waals surface area contributed by atoms with Crippen LogP contribution in [0.5, 0.6) is 0 Å². The van der Waals surface area contributed by atoms with Crippen molar-refractivity contribution >= 4 is 5.91 Å². The summed E-state index contributed by atoms with van der Waals surface area (Å²) in [6.07, 6.45) is 5.01. The lowest BCUT2D eigenvalue weighted by Gasteiger charge is -2.30. The normalized spacial score (nSPS) is 26.9. The van der Waals surface area contributed by atoms with E-state index in [0.717, 1.165) is 44.8 Å². The number of carbonyl (C=O) groups excluding carboxylic acids is 1. The summed E-state index contributed by atoms with van der Waals surface area (Å²) < 4.78 is 32.0. The molecular formula is C19H26F2N2O2. The molecule has 1 saturated heterocycles. The van der Waals surface area contributed by atoms with E-state index < -0.39 is 11.6 Å². The Bertz CT molecular complexity index is 611. The van der Waals surface area contributed by atoms with Gasteiger partial charge in [-0.1, -0.05) is 6.07 Å². The molecule has 1 aliphatic carbocycles. The second-order valence-electron chi connectivity index (χ2n) is 7.05. The number of aryl methyl sites for hydroxylation is 1. The van der Waals surface area contributed by atoms with Crippen molar-refractivity contribution in [3.8, 4) is 0 Å². The Kier molecular flexibility index (Phi) is 6.02. The van der Waals surface area contributed by atoms with Crippen molar-refractivity contribution < 1.29 is 18.3 Å². The number of likely N-dealkylation sites (tertiary alicyclic amines) is 1. The number of ether oxygens (including phenoxy) is 1. The number of rotatable bonds is 6. The molecule has 4 nitrogen and oxygen atoms in total. The van der Waals surface area contributed by atoms with Gasteiger partial charge in [-0.3, -0.25) is 9.69 Å². The fourth-order valence-corrected chi connectivity index (χ4v) is 4.05. The summed E-state index contributed by atoms with van der Waals surface area (Å²) in [6.45, 7) is 1.94. The molecule has 1 aromatic rings. The van der Waals surface area contributed by atoms with Crippen LogP contribution in [0.4, 0.5) is 8.78 Å². The number of nitrogens with zero attached hydrogens (tertiary/aromatic N) is 1. The van der Waals surface area contributed by atoms with Crippen LogP contribution in [0.1, 0.15) is 37.7 Å². The number of halogens is 2. The molecule has 1 heterocycles. The highest BCUT2D eigenvalue weighted by Gasteiger charge is 2.36. The van der Waals surface area contributed by atoms with Gasteiger partial charge in [-0.2, -0.15) is 0 Å². The highest BCUT2D eigenvalue weighted by atomic mass is 19.1. The summed E-state index contributed by atoms with van der Waals surface area (Å²) in [4.78, 5) is 14.7. The van der Waals surface area contributed by atoms with E-state index in [1.807, 2.05) is 0 Å². The Morgan fingerprint density at radius 3 is 2.88 bits per heavy atom. The largest absolute Gasteiger partial charge is 0.380 e. The Morgan fingerprint density at radius 2 is 2.16 bits per heavy atom. The van der Waals surface area contributed by atoms with Crippen LogP contribution in [-0.2, 0) is 16.0 Å². The molecule has 6 heteroatoms. The van der Waals surface area contributed by atoms with Crippen LogP contribution in [-0.4, -0.2) is 49.2 Å². The van der Waals surface area contributed by atoms with Gasteiger partial charge in [-0.15, -0.1) is 0 Å². The first-order valence-corrected chi connectivity index (χ1v) is 9.07. The molecule has 1 N–H and O–H groups in total. The first kappa shape index (κ1) is 18.3. The maximum absolute atomic E-state index is 13.7. The number of hydrogen-bond acceptors (Lipinski definition) is 3. The highest BCUT2D eigenvalue weighted by Crippen LogP contribution is 2.28. The van der Waals surface area contributed by atoms with E-state index in [1.165, 1.54) is 12.1 Å². The van der Waals surface area contributed by atoms with Crippen molar-refractivity contribution in [3.05, 3.63) is 35.4 Å². The Labute approximate surface area is 147 Å². The van der Waals surface area contributed by atoms with Crippen molar-refractivity contribution in [1.29, 1.82) is 0 Å². The molecule has 2 aliphatic rings. The van der Waals surface area contributed by atoms with E-state index in [4.69, 9.17) is 4.74 Å². The van der Waals surface area contributed by atoms with E-state index in [-0.39, 0.29) is 24.8 Å². The predicted molar refractivity (Wildman–Crippen MR) is 91.2 cm³/mol. The summed E-state index contributed by atoms with van der Waals surface area (Å²) in [5, 5.41) is 3.12. The monoisotopic (exact) mass is 352 g/mol. The fourth-order valence-electron chi connectivity index (χ4n) is 4.05. The second-order valence-corrected chi connectivity index (χ2v) is 7.05. The molecule has 1 aliphatic heterocycles. The van der Waals surface area contributed by atoms with Crippen LogP contribution < -0.4 is 5.32 Å².